The number of rotatable bonds is 10. The number of amides is 1. The van der Waals surface area contributed by atoms with Gasteiger partial charge in [0.15, 0.2) is 5.54 Å². The summed E-state index contributed by atoms with van der Waals surface area (Å²) in [5.74, 6) is -1.45. The Bertz CT molecular complexity index is 1430. The largest absolute Gasteiger partial charge is 0.457 e. The Morgan fingerprint density at radius 1 is 1.06 bits per heavy atom. The minimum absolute atomic E-state index is 0.0498. The summed E-state index contributed by atoms with van der Waals surface area (Å²) in [5, 5.41) is 4.01. The van der Waals surface area contributed by atoms with Crippen molar-refractivity contribution in [1.29, 1.82) is 0 Å². The van der Waals surface area contributed by atoms with E-state index in [-0.39, 0.29) is 39.3 Å². The van der Waals surface area contributed by atoms with Crippen molar-refractivity contribution in [3.8, 4) is 0 Å². The second kappa shape index (κ2) is 13.9. The maximum atomic E-state index is 14.0. The van der Waals surface area contributed by atoms with E-state index in [2.05, 4.69) is 10.0 Å². The third-order valence-corrected chi connectivity index (χ3v) is 11.4. The van der Waals surface area contributed by atoms with Crippen LogP contribution in [-0.4, -0.2) is 103 Å². The van der Waals surface area contributed by atoms with Crippen LogP contribution in [0.2, 0.25) is 6.32 Å². The first-order chi connectivity index (χ1) is 21.8. The van der Waals surface area contributed by atoms with Gasteiger partial charge in [-0.15, -0.1) is 0 Å². The molecule has 0 aliphatic carbocycles. The summed E-state index contributed by atoms with van der Waals surface area (Å²) in [4.78, 5) is 31.1. The molecule has 16 heteroatoms. The van der Waals surface area contributed by atoms with Crippen LogP contribution in [0.5, 0.6) is 0 Å². The molecule has 1 unspecified atom stereocenters. The molecule has 14 nitrogen and oxygen atoms in total. The van der Waals surface area contributed by atoms with Gasteiger partial charge in [0.1, 0.15) is 11.7 Å². The van der Waals surface area contributed by atoms with Crippen LogP contribution >= 0.6 is 0 Å². The lowest BCUT2D eigenvalue weighted by Crippen LogP contribution is -2.55. The molecule has 3 aliphatic heterocycles. The van der Waals surface area contributed by atoms with E-state index in [0.717, 1.165) is 5.56 Å². The number of piperazine rings is 1. The molecule has 1 amide bonds. The summed E-state index contributed by atoms with van der Waals surface area (Å²) in [6, 6.07) is 9.15. The zero-order valence-corrected chi connectivity index (χ0v) is 29.7. The maximum absolute atomic E-state index is 14.0. The number of benzene rings is 1. The number of nitrogens with zero attached hydrogens (tertiary/aromatic N) is 6. The highest BCUT2D eigenvalue weighted by atomic mass is 32.2. The smallest absolute Gasteiger partial charge is 0.457 e. The van der Waals surface area contributed by atoms with Crippen molar-refractivity contribution in [2.24, 2.45) is 11.0 Å². The number of hydrogen-bond donors (Lipinski definition) is 0. The molecule has 0 bridgehead atoms. The lowest BCUT2D eigenvalue weighted by atomic mass is 9.78. The standard InChI is InChI=1S/C31H49BN6O8S/c1-23(24-13-10-9-11-14-24)43-26(39)31(34-35-33)22-38(21-25(31)15-12-16-32-45-29(5,6)30(7,8)46-32)47(41,42)37-19-17-36(18-20-37)27(40)44-28(2,3)4/h9-11,13-14,23,25H,12,15-22H2,1-8H3/t23?,25-,31-/m0/s1. The van der Waals surface area contributed by atoms with Crippen LogP contribution in [0, 0.1) is 5.92 Å². The molecular formula is C31H49BN6O8S. The molecule has 1 aromatic rings. The molecule has 3 fully saturated rings. The number of hydrogen-bond acceptors (Lipinski definition) is 9. The van der Waals surface area contributed by atoms with E-state index < -0.39 is 63.8 Å². The third-order valence-electron chi connectivity index (χ3n) is 9.48. The molecule has 3 atom stereocenters. The normalized spacial score (nSPS) is 25.7. The number of carbonyl (C=O) groups excluding carboxylic acids is 2. The van der Waals surface area contributed by atoms with Crippen molar-refractivity contribution < 1.29 is 36.8 Å². The van der Waals surface area contributed by atoms with Crippen LogP contribution < -0.4 is 0 Å². The first-order valence-electron chi connectivity index (χ1n) is 16.2. The Labute approximate surface area is 279 Å². The summed E-state index contributed by atoms with van der Waals surface area (Å²) in [6.07, 6.45) is 0.219. The predicted molar refractivity (Wildman–Crippen MR) is 176 cm³/mol. The lowest BCUT2D eigenvalue weighted by Gasteiger charge is -2.36. The van der Waals surface area contributed by atoms with Crippen molar-refractivity contribution in [3.05, 3.63) is 46.3 Å². The van der Waals surface area contributed by atoms with Crippen LogP contribution in [0.4, 0.5) is 4.79 Å². The topological polar surface area (TPSA) is 164 Å². The number of esters is 1. The Hall–Kier alpha value is -2.88. The summed E-state index contributed by atoms with van der Waals surface area (Å²) >= 11 is 0. The van der Waals surface area contributed by atoms with E-state index in [1.807, 2.05) is 58.0 Å². The molecule has 0 N–H and O–H groups in total. The molecule has 0 spiro atoms. The zero-order valence-electron chi connectivity index (χ0n) is 28.8. The third kappa shape index (κ3) is 8.23. The Morgan fingerprint density at radius 3 is 2.21 bits per heavy atom. The van der Waals surface area contributed by atoms with Crippen molar-refractivity contribution in [3.63, 3.8) is 0 Å². The van der Waals surface area contributed by atoms with Crippen LogP contribution in [0.15, 0.2) is 35.4 Å². The fourth-order valence-electron chi connectivity index (χ4n) is 6.09. The van der Waals surface area contributed by atoms with Gasteiger partial charge in [-0.25, -0.2) is 4.79 Å². The molecule has 4 rings (SSSR count). The molecule has 3 aliphatic rings. The van der Waals surface area contributed by atoms with Crippen LogP contribution in [-0.2, 0) is 33.8 Å². The summed E-state index contributed by atoms with van der Waals surface area (Å²) < 4.78 is 54.1. The number of ether oxygens (including phenoxy) is 2. The number of carbonyl (C=O) groups is 2. The van der Waals surface area contributed by atoms with Gasteiger partial charge in [-0.2, -0.15) is 17.0 Å². The van der Waals surface area contributed by atoms with E-state index in [1.54, 1.807) is 27.7 Å². The molecule has 0 saturated carbocycles. The minimum Gasteiger partial charge on any atom is -0.457 e. The second-order valence-corrected chi connectivity index (χ2v) is 16.5. The van der Waals surface area contributed by atoms with Crippen molar-refractivity contribution in [1.82, 2.24) is 13.5 Å². The predicted octanol–water partition coefficient (Wildman–Crippen LogP) is 4.94. The highest BCUT2D eigenvalue weighted by molar-refractivity contribution is 7.86. The van der Waals surface area contributed by atoms with Crippen LogP contribution in [0.1, 0.15) is 79.9 Å². The molecule has 1 aromatic carbocycles. The van der Waals surface area contributed by atoms with E-state index in [9.17, 15) is 23.5 Å². The minimum atomic E-state index is -4.11. The van der Waals surface area contributed by atoms with Gasteiger partial charge in [-0.3, -0.25) is 4.79 Å². The first kappa shape index (κ1) is 37.0. The Balaban J connectivity index is 1.53. The van der Waals surface area contributed by atoms with Crippen LogP contribution in [0.25, 0.3) is 10.4 Å². The van der Waals surface area contributed by atoms with Gasteiger partial charge in [0, 0.05) is 44.2 Å². The average Bonchev–Trinajstić information content (AvgIpc) is 3.46. The van der Waals surface area contributed by atoms with Gasteiger partial charge < -0.3 is 23.7 Å². The fourth-order valence-corrected chi connectivity index (χ4v) is 7.77. The molecule has 47 heavy (non-hydrogen) atoms. The van der Waals surface area contributed by atoms with E-state index in [1.165, 1.54) is 13.5 Å². The fraction of sp³-hybridized carbons (Fsp3) is 0.742. The van der Waals surface area contributed by atoms with Gasteiger partial charge in [0.05, 0.1) is 11.2 Å². The zero-order chi connectivity index (χ0) is 34.8. The monoisotopic (exact) mass is 676 g/mol. The van der Waals surface area contributed by atoms with Gasteiger partial charge in [-0.05, 0) is 85.1 Å². The van der Waals surface area contributed by atoms with Gasteiger partial charge >= 0.3 is 19.2 Å². The quantitative estimate of drug-likeness (QED) is 0.111. The average molecular weight is 677 g/mol. The molecule has 0 radical (unpaired) electrons. The summed E-state index contributed by atoms with van der Waals surface area (Å²) in [7, 11) is -4.58. The highest BCUT2D eigenvalue weighted by Crippen LogP contribution is 2.42. The summed E-state index contributed by atoms with van der Waals surface area (Å²) in [6.45, 7) is 14.9. The van der Waals surface area contributed by atoms with Crippen molar-refractivity contribution in [2.45, 2.75) is 103 Å². The van der Waals surface area contributed by atoms with Gasteiger partial charge in [0.2, 0.25) is 0 Å². The van der Waals surface area contributed by atoms with Crippen LogP contribution in [0.3, 0.4) is 0 Å². The number of azide groups is 1. The Kier molecular flexibility index (Phi) is 11.0. The molecule has 3 heterocycles. The molecule has 3 saturated heterocycles. The molecular weight excluding hydrogens is 627 g/mol. The van der Waals surface area contributed by atoms with Crippen molar-refractivity contribution in [2.75, 3.05) is 39.3 Å². The van der Waals surface area contributed by atoms with E-state index in [4.69, 9.17) is 18.8 Å². The molecule has 260 valence electrons. The Morgan fingerprint density at radius 2 is 1.66 bits per heavy atom. The lowest BCUT2D eigenvalue weighted by molar-refractivity contribution is -0.156. The molecule has 0 aromatic heterocycles. The van der Waals surface area contributed by atoms with E-state index in [0.29, 0.717) is 19.2 Å². The van der Waals surface area contributed by atoms with Gasteiger partial charge in [-0.1, -0.05) is 41.9 Å². The summed E-state index contributed by atoms with van der Waals surface area (Å²) in [5.41, 5.74) is 6.98. The first-order valence-corrected chi connectivity index (χ1v) is 17.6. The van der Waals surface area contributed by atoms with Gasteiger partial charge in [0.25, 0.3) is 10.2 Å². The highest BCUT2D eigenvalue weighted by Gasteiger charge is 2.57. The SMILES string of the molecule is CC(OC(=O)[C@]1(N=[N+]=[N-])CN(S(=O)(=O)N2CCN(C(=O)OC(C)(C)C)CC2)C[C@@H]1CCCB1OC(C)(C)C(C)(C)O1)c1ccccc1. The van der Waals surface area contributed by atoms with E-state index >= 15 is 0 Å². The van der Waals surface area contributed by atoms with Crippen molar-refractivity contribution >= 4 is 29.4 Å². The second-order valence-electron chi connectivity index (χ2n) is 14.6. The maximum Gasteiger partial charge on any atom is 0.457 e.